The van der Waals surface area contributed by atoms with E-state index in [1.165, 1.54) is 11.3 Å². The third kappa shape index (κ3) is 3.97. The van der Waals surface area contributed by atoms with Gasteiger partial charge < -0.3 is 5.32 Å². The quantitative estimate of drug-likeness (QED) is 0.541. The third-order valence-corrected chi connectivity index (χ3v) is 5.27. The second kappa shape index (κ2) is 8.10. The molecule has 28 heavy (non-hydrogen) atoms. The van der Waals surface area contributed by atoms with Gasteiger partial charge in [0.2, 0.25) is 5.91 Å². The zero-order valence-corrected chi connectivity index (χ0v) is 16.1. The summed E-state index contributed by atoms with van der Waals surface area (Å²) in [7, 11) is 0. The fraction of sp³-hybridized carbons (Fsp3) is 0.0909. The highest BCUT2D eigenvalue weighted by Crippen LogP contribution is 2.31. The number of aryl methyl sites for hydroxylation is 1. The first-order chi connectivity index (χ1) is 13.7. The minimum atomic E-state index is -0.456. The van der Waals surface area contributed by atoms with Crippen molar-refractivity contribution in [2.24, 2.45) is 0 Å². The molecule has 0 saturated carbocycles. The molecule has 3 aromatic heterocycles. The molecule has 5 nitrogen and oxygen atoms in total. The molecule has 1 unspecified atom stereocenters. The number of carbonyl (C=O) groups is 1. The molecule has 6 heteroatoms. The predicted octanol–water partition coefficient (Wildman–Crippen LogP) is 4.68. The molecule has 1 atom stereocenters. The molecule has 1 amide bonds. The lowest BCUT2D eigenvalue weighted by Crippen LogP contribution is -2.22. The number of amides is 1. The molecule has 4 rings (SSSR count). The molecular weight excluding hydrogens is 368 g/mol. The molecule has 0 aliphatic carbocycles. The molecule has 4 aromatic rings. The number of hydrogen-bond donors (Lipinski definition) is 1. The highest BCUT2D eigenvalue weighted by molar-refractivity contribution is 7.19. The van der Waals surface area contributed by atoms with Crippen molar-refractivity contribution < 1.29 is 4.79 Å². The molecule has 0 bridgehead atoms. The number of pyridine rings is 2. The van der Waals surface area contributed by atoms with E-state index in [1.54, 1.807) is 24.8 Å². The molecule has 0 aliphatic heterocycles. The summed E-state index contributed by atoms with van der Waals surface area (Å²) >= 11 is 1.43. The van der Waals surface area contributed by atoms with Gasteiger partial charge in [0.1, 0.15) is 0 Å². The van der Waals surface area contributed by atoms with Crippen LogP contribution in [0.5, 0.6) is 0 Å². The Hall–Kier alpha value is -3.38. The van der Waals surface area contributed by atoms with Crippen LogP contribution in [0, 0.1) is 6.92 Å². The molecule has 3 heterocycles. The van der Waals surface area contributed by atoms with Crippen LogP contribution in [0.25, 0.3) is 10.4 Å². The van der Waals surface area contributed by atoms with Gasteiger partial charge in [-0.2, -0.15) is 0 Å². The number of hydrogen-bond acceptors (Lipinski definition) is 5. The number of nitrogens with zero attached hydrogens (tertiary/aromatic N) is 3. The van der Waals surface area contributed by atoms with Gasteiger partial charge in [0.15, 0.2) is 5.13 Å². The van der Waals surface area contributed by atoms with Crippen LogP contribution in [0.4, 0.5) is 5.13 Å². The van der Waals surface area contributed by atoms with Gasteiger partial charge in [-0.05, 0) is 35.7 Å². The van der Waals surface area contributed by atoms with Gasteiger partial charge >= 0.3 is 0 Å². The van der Waals surface area contributed by atoms with Gasteiger partial charge in [0.25, 0.3) is 0 Å². The number of aromatic nitrogens is 3. The van der Waals surface area contributed by atoms with Crippen molar-refractivity contribution in [1.29, 1.82) is 0 Å². The Balaban J connectivity index is 1.60. The number of benzene rings is 1. The van der Waals surface area contributed by atoms with E-state index in [0.29, 0.717) is 5.13 Å². The van der Waals surface area contributed by atoms with E-state index < -0.39 is 5.92 Å². The average Bonchev–Trinajstić information content (AvgIpc) is 3.18. The zero-order chi connectivity index (χ0) is 19.3. The first kappa shape index (κ1) is 18.0. The Labute approximate surface area is 167 Å². The Bertz CT molecular complexity index is 1040. The summed E-state index contributed by atoms with van der Waals surface area (Å²) in [6, 6.07) is 15.5. The summed E-state index contributed by atoms with van der Waals surface area (Å²) in [4.78, 5) is 26.9. The maximum atomic E-state index is 13.1. The van der Waals surface area contributed by atoms with Crippen molar-refractivity contribution in [3.63, 3.8) is 0 Å². The number of carbonyl (C=O) groups excluding carboxylic acids is 1. The molecule has 0 saturated heterocycles. The lowest BCUT2D eigenvalue weighted by Gasteiger charge is -2.16. The van der Waals surface area contributed by atoms with E-state index in [2.05, 4.69) is 26.3 Å². The first-order valence-corrected chi connectivity index (χ1v) is 9.66. The largest absolute Gasteiger partial charge is 0.301 e. The van der Waals surface area contributed by atoms with Crippen molar-refractivity contribution in [2.45, 2.75) is 12.8 Å². The fourth-order valence-electron chi connectivity index (χ4n) is 3.02. The van der Waals surface area contributed by atoms with Gasteiger partial charge in [0, 0.05) is 36.5 Å². The number of anilines is 1. The molecule has 0 aliphatic rings. The Kier molecular flexibility index (Phi) is 5.21. The summed E-state index contributed by atoms with van der Waals surface area (Å²) in [5.74, 6) is -0.592. The second-order valence-corrected chi connectivity index (χ2v) is 7.43. The Morgan fingerprint density at radius 1 is 0.964 bits per heavy atom. The SMILES string of the molecule is Cc1cncc(-c2cnc(NC(=O)C(c3ccccc3)c3cccnc3)s2)c1. The topological polar surface area (TPSA) is 67.8 Å². The van der Waals surface area contributed by atoms with Crippen LogP contribution < -0.4 is 5.32 Å². The maximum Gasteiger partial charge on any atom is 0.238 e. The Morgan fingerprint density at radius 3 is 2.54 bits per heavy atom. The van der Waals surface area contributed by atoms with Gasteiger partial charge in [0.05, 0.1) is 10.8 Å². The number of nitrogens with one attached hydrogen (secondary N) is 1. The van der Waals surface area contributed by atoms with Crippen LogP contribution in [-0.4, -0.2) is 20.9 Å². The minimum Gasteiger partial charge on any atom is -0.301 e. The highest BCUT2D eigenvalue weighted by atomic mass is 32.1. The van der Waals surface area contributed by atoms with E-state index in [1.807, 2.05) is 55.6 Å². The summed E-state index contributed by atoms with van der Waals surface area (Å²) in [6.07, 6.45) is 8.80. The van der Waals surface area contributed by atoms with Gasteiger partial charge in [-0.25, -0.2) is 4.98 Å². The van der Waals surface area contributed by atoms with E-state index in [4.69, 9.17) is 0 Å². The average molecular weight is 386 g/mol. The van der Waals surface area contributed by atoms with Crippen LogP contribution in [0.3, 0.4) is 0 Å². The van der Waals surface area contributed by atoms with Crippen LogP contribution in [0.2, 0.25) is 0 Å². The summed E-state index contributed by atoms with van der Waals surface area (Å²) in [5.41, 5.74) is 3.82. The maximum absolute atomic E-state index is 13.1. The van der Waals surface area contributed by atoms with E-state index in [-0.39, 0.29) is 5.91 Å². The number of rotatable bonds is 5. The molecule has 1 N–H and O–H groups in total. The molecular formula is C22H18N4OS. The third-order valence-electron chi connectivity index (χ3n) is 4.31. The highest BCUT2D eigenvalue weighted by Gasteiger charge is 2.24. The molecule has 138 valence electrons. The minimum absolute atomic E-state index is 0.137. The van der Waals surface area contributed by atoms with Crippen LogP contribution in [0.1, 0.15) is 22.6 Å². The van der Waals surface area contributed by atoms with Crippen molar-refractivity contribution in [3.8, 4) is 10.4 Å². The molecule has 0 spiro atoms. The summed E-state index contributed by atoms with van der Waals surface area (Å²) in [6.45, 7) is 2.00. The predicted molar refractivity (Wildman–Crippen MR) is 111 cm³/mol. The number of thiazole rings is 1. The smallest absolute Gasteiger partial charge is 0.238 e. The van der Waals surface area contributed by atoms with Crippen LogP contribution >= 0.6 is 11.3 Å². The van der Waals surface area contributed by atoms with E-state index >= 15 is 0 Å². The van der Waals surface area contributed by atoms with Crippen molar-refractivity contribution >= 4 is 22.4 Å². The first-order valence-electron chi connectivity index (χ1n) is 8.84. The lowest BCUT2D eigenvalue weighted by atomic mass is 9.92. The van der Waals surface area contributed by atoms with Gasteiger partial charge in [-0.3, -0.25) is 14.8 Å². The molecule has 0 radical (unpaired) electrons. The zero-order valence-electron chi connectivity index (χ0n) is 15.2. The monoisotopic (exact) mass is 386 g/mol. The second-order valence-electron chi connectivity index (χ2n) is 6.40. The summed E-state index contributed by atoms with van der Waals surface area (Å²) in [5, 5.41) is 3.53. The standard InChI is InChI=1S/C22H18N4OS/c1-15-10-18(13-24-11-15)19-14-25-22(28-19)26-21(27)20(16-6-3-2-4-7-16)17-8-5-9-23-12-17/h2-14,20H,1H3,(H,25,26,27). The normalized spacial score (nSPS) is 11.8. The molecule has 0 fully saturated rings. The van der Waals surface area contributed by atoms with Crippen molar-refractivity contribution in [2.75, 3.05) is 5.32 Å². The summed E-state index contributed by atoms with van der Waals surface area (Å²) < 4.78 is 0. The van der Waals surface area contributed by atoms with Crippen molar-refractivity contribution in [1.82, 2.24) is 15.0 Å². The van der Waals surface area contributed by atoms with Gasteiger partial charge in [-0.1, -0.05) is 47.7 Å². The fourth-order valence-corrected chi connectivity index (χ4v) is 3.82. The van der Waals surface area contributed by atoms with Crippen LogP contribution in [0.15, 0.2) is 79.5 Å². The van der Waals surface area contributed by atoms with E-state index in [9.17, 15) is 4.79 Å². The van der Waals surface area contributed by atoms with Crippen molar-refractivity contribution in [3.05, 3.63) is 96.2 Å². The Morgan fingerprint density at radius 2 is 1.79 bits per heavy atom. The van der Waals surface area contributed by atoms with Crippen LogP contribution in [-0.2, 0) is 4.79 Å². The molecule has 1 aromatic carbocycles. The van der Waals surface area contributed by atoms with E-state index in [0.717, 1.165) is 27.1 Å². The lowest BCUT2D eigenvalue weighted by molar-refractivity contribution is -0.116. The van der Waals surface area contributed by atoms with Gasteiger partial charge in [-0.15, -0.1) is 0 Å².